The van der Waals surface area contributed by atoms with E-state index in [4.69, 9.17) is 14.7 Å². The lowest BCUT2D eigenvalue weighted by Gasteiger charge is -2.26. The van der Waals surface area contributed by atoms with Gasteiger partial charge in [-0.25, -0.2) is 4.98 Å². The van der Waals surface area contributed by atoms with E-state index in [2.05, 4.69) is 35.9 Å². The van der Waals surface area contributed by atoms with Crippen molar-refractivity contribution in [3.63, 3.8) is 0 Å². The number of piperidine rings is 1. The van der Waals surface area contributed by atoms with Gasteiger partial charge in [-0.2, -0.15) is 14.8 Å². The summed E-state index contributed by atoms with van der Waals surface area (Å²) in [7, 11) is 0. The van der Waals surface area contributed by atoms with E-state index in [0.717, 1.165) is 25.2 Å². The largest absolute Gasteiger partial charge is 0.394 e. The van der Waals surface area contributed by atoms with Gasteiger partial charge in [-0.3, -0.25) is 4.57 Å². The Hall–Kier alpha value is -3.76. The Morgan fingerprint density at radius 3 is 2.63 bits per heavy atom. The number of fused-ring (bicyclic) bond motifs is 1. The van der Waals surface area contributed by atoms with Crippen molar-refractivity contribution in [2.75, 3.05) is 43.4 Å². The molecule has 5 atom stereocenters. The van der Waals surface area contributed by atoms with Gasteiger partial charge in [-0.1, -0.05) is 36.8 Å². The summed E-state index contributed by atoms with van der Waals surface area (Å²) in [5.41, 5.74) is 1.96. The number of tetrazole rings is 1. The molecule has 0 spiro atoms. The van der Waals surface area contributed by atoms with Crippen LogP contribution in [0.5, 0.6) is 0 Å². The van der Waals surface area contributed by atoms with Crippen molar-refractivity contribution < 1.29 is 20.1 Å². The van der Waals surface area contributed by atoms with Crippen molar-refractivity contribution in [1.29, 1.82) is 0 Å². The lowest BCUT2D eigenvalue weighted by Crippen LogP contribution is -2.34. The molecule has 5 N–H and O–H groups in total. The molecule has 1 aromatic carbocycles. The van der Waals surface area contributed by atoms with E-state index in [9.17, 15) is 15.3 Å². The van der Waals surface area contributed by atoms with Crippen LogP contribution in [0.4, 0.5) is 11.8 Å². The van der Waals surface area contributed by atoms with Crippen molar-refractivity contribution in [2.24, 2.45) is 0 Å². The van der Waals surface area contributed by atoms with Crippen LogP contribution in [0.3, 0.4) is 0 Å². The second-order valence-corrected chi connectivity index (χ2v) is 11.0. The van der Waals surface area contributed by atoms with Crippen LogP contribution in [-0.2, 0) is 17.7 Å². The normalized spacial score (nSPS) is 23.5. The van der Waals surface area contributed by atoms with Gasteiger partial charge >= 0.3 is 0 Å². The lowest BCUT2D eigenvalue weighted by molar-refractivity contribution is -0.0384. The van der Waals surface area contributed by atoms with E-state index in [1.165, 1.54) is 30.4 Å². The molecule has 4 aromatic rings. The van der Waals surface area contributed by atoms with Gasteiger partial charge in [0.05, 0.1) is 25.5 Å². The highest BCUT2D eigenvalue weighted by Gasteiger charge is 2.47. The van der Waals surface area contributed by atoms with Crippen LogP contribution >= 0.6 is 0 Å². The van der Waals surface area contributed by atoms with Crippen molar-refractivity contribution >= 4 is 22.9 Å². The van der Waals surface area contributed by atoms with Crippen molar-refractivity contribution in [1.82, 2.24) is 44.6 Å². The number of imidazole rings is 1. The van der Waals surface area contributed by atoms with Gasteiger partial charge in [0.25, 0.3) is 0 Å². The first-order chi connectivity index (χ1) is 21.0. The Kier molecular flexibility index (Phi) is 9.04. The number of nitrogens with zero attached hydrogens (tertiary/aromatic N) is 9. The topological polar surface area (TPSA) is 184 Å². The third kappa shape index (κ3) is 6.45. The smallest absolute Gasteiger partial charge is 0.227 e. The van der Waals surface area contributed by atoms with Gasteiger partial charge in [0.1, 0.15) is 12.2 Å². The zero-order valence-electron chi connectivity index (χ0n) is 24.2. The maximum atomic E-state index is 11.0. The molecule has 2 saturated heterocycles. The fourth-order valence-corrected chi connectivity index (χ4v) is 5.65. The second kappa shape index (κ2) is 13.3. The molecule has 5 heterocycles. The van der Waals surface area contributed by atoms with Gasteiger partial charge in [0.15, 0.2) is 29.3 Å². The highest BCUT2D eigenvalue weighted by atomic mass is 16.6. The van der Waals surface area contributed by atoms with Crippen LogP contribution in [0.25, 0.3) is 11.2 Å². The quantitative estimate of drug-likeness (QED) is 0.155. The van der Waals surface area contributed by atoms with Crippen molar-refractivity contribution in [3.8, 4) is 0 Å². The number of benzene rings is 1. The number of nitrogens with one attached hydrogen (secondary N) is 2. The zero-order valence-corrected chi connectivity index (χ0v) is 24.2. The molecule has 2 fully saturated rings. The SMILES string of the molecule is CCn1nnc([C@H]2O[C@@H](n3cnc4c(NCCN5CCCCC5)nc(N[C@H](CO)Cc5ccccc5)nc43)[C@H](O)[C@@H]2O)n1. The van der Waals surface area contributed by atoms with Gasteiger partial charge in [-0.15, -0.1) is 10.2 Å². The average Bonchev–Trinajstić information content (AvgIpc) is 3.76. The number of likely N-dealkylation sites (tertiary alicyclic amines) is 1. The van der Waals surface area contributed by atoms with Gasteiger partial charge < -0.3 is 35.6 Å². The first-order valence-electron chi connectivity index (χ1n) is 15.0. The molecule has 15 nitrogen and oxygen atoms in total. The number of ether oxygens (including phenoxy) is 1. The molecule has 3 aromatic heterocycles. The standard InChI is InChI=1S/C28H39N11O4/c1-2-39-35-25(34-36-39)23-21(41)22(42)27(43-23)38-17-30-20-24(29-11-14-37-12-7-4-8-13-37)32-28(33-26(20)38)31-19(16-40)15-18-9-5-3-6-10-18/h3,5-6,9-10,17,19,21-23,27,40-42H,2,4,7-8,11-16H2,1H3,(H2,29,31,32,33)/t19-,21-,22+,23-,27+/m0/s1. The van der Waals surface area contributed by atoms with Crippen LogP contribution < -0.4 is 10.6 Å². The maximum Gasteiger partial charge on any atom is 0.227 e. The van der Waals surface area contributed by atoms with Crippen molar-refractivity contribution in [3.05, 3.63) is 48.0 Å². The molecule has 230 valence electrons. The van der Waals surface area contributed by atoms with Gasteiger partial charge in [-0.05, 0) is 50.1 Å². The fraction of sp³-hybridized carbons (Fsp3) is 0.571. The number of aliphatic hydroxyl groups is 3. The average molecular weight is 594 g/mol. The van der Waals surface area contributed by atoms with Gasteiger partial charge in [0, 0.05) is 13.1 Å². The molecule has 0 radical (unpaired) electrons. The van der Waals surface area contributed by atoms with Crippen molar-refractivity contribution in [2.45, 2.75) is 69.7 Å². The van der Waals surface area contributed by atoms with Crippen LogP contribution in [0.2, 0.25) is 0 Å². The van der Waals surface area contributed by atoms with E-state index in [-0.39, 0.29) is 18.5 Å². The molecule has 0 bridgehead atoms. The van der Waals surface area contributed by atoms with E-state index in [1.54, 1.807) is 4.57 Å². The minimum absolute atomic E-state index is 0.128. The van der Waals surface area contributed by atoms with E-state index >= 15 is 0 Å². The summed E-state index contributed by atoms with van der Waals surface area (Å²) in [4.78, 5) is 17.9. The first-order valence-corrected chi connectivity index (χ1v) is 15.0. The number of anilines is 2. The summed E-state index contributed by atoms with van der Waals surface area (Å²) in [5, 5.41) is 51.0. The Morgan fingerprint density at radius 2 is 1.88 bits per heavy atom. The van der Waals surface area contributed by atoms with E-state index < -0.39 is 24.5 Å². The molecule has 0 saturated carbocycles. The summed E-state index contributed by atoms with van der Waals surface area (Å²) in [6.45, 7) is 5.95. The molecule has 2 aliphatic rings. The third-order valence-corrected chi connectivity index (χ3v) is 7.99. The zero-order chi connectivity index (χ0) is 29.8. The molecule has 2 aliphatic heterocycles. The summed E-state index contributed by atoms with van der Waals surface area (Å²) >= 11 is 0. The third-order valence-electron chi connectivity index (χ3n) is 7.99. The predicted molar refractivity (Wildman–Crippen MR) is 157 cm³/mol. The Balaban J connectivity index is 1.28. The second-order valence-electron chi connectivity index (χ2n) is 11.0. The first kappa shape index (κ1) is 29.3. The molecular formula is C28H39N11O4. The summed E-state index contributed by atoms with van der Waals surface area (Å²) in [6, 6.07) is 9.54. The highest BCUT2D eigenvalue weighted by molar-refractivity contribution is 5.84. The molecular weight excluding hydrogens is 554 g/mol. The number of aliphatic hydroxyl groups excluding tert-OH is 3. The maximum absolute atomic E-state index is 11.0. The molecule has 6 rings (SSSR count). The number of hydrogen-bond acceptors (Lipinski definition) is 13. The summed E-state index contributed by atoms with van der Waals surface area (Å²) in [5.74, 6) is 1.00. The van der Waals surface area contributed by atoms with Crippen LogP contribution in [0, 0.1) is 0 Å². The van der Waals surface area contributed by atoms with Crippen LogP contribution in [0.15, 0.2) is 36.7 Å². The van der Waals surface area contributed by atoms with E-state index in [1.807, 2.05) is 37.3 Å². The Labute approximate surface area is 248 Å². The molecule has 15 heteroatoms. The minimum Gasteiger partial charge on any atom is -0.394 e. The van der Waals surface area contributed by atoms with Gasteiger partial charge in [0.2, 0.25) is 11.8 Å². The van der Waals surface area contributed by atoms with E-state index in [0.29, 0.717) is 42.4 Å². The highest BCUT2D eigenvalue weighted by Crippen LogP contribution is 2.39. The van der Waals surface area contributed by atoms with Crippen LogP contribution in [-0.4, -0.2) is 111 Å². The number of aryl methyl sites for hydroxylation is 1. The number of rotatable bonds is 12. The predicted octanol–water partition coefficient (Wildman–Crippen LogP) is 0.738. The minimum atomic E-state index is -1.30. The number of hydrogen-bond donors (Lipinski definition) is 5. The van der Waals surface area contributed by atoms with Crippen LogP contribution in [0.1, 0.15) is 49.9 Å². The Bertz CT molecular complexity index is 1480. The Morgan fingerprint density at radius 1 is 1.07 bits per heavy atom. The monoisotopic (exact) mass is 593 g/mol. The fourth-order valence-electron chi connectivity index (χ4n) is 5.65. The molecule has 0 amide bonds. The molecule has 43 heavy (non-hydrogen) atoms. The molecule has 0 unspecified atom stereocenters. The molecule has 0 aliphatic carbocycles. The summed E-state index contributed by atoms with van der Waals surface area (Å²) < 4.78 is 7.69. The summed E-state index contributed by atoms with van der Waals surface area (Å²) in [6.07, 6.45) is 1.19. The number of aromatic nitrogens is 8. The lowest BCUT2D eigenvalue weighted by atomic mass is 10.1.